The van der Waals surface area contributed by atoms with Crippen LogP contribution < -0.4 is 0 Å². The highest BCUT2D eigenvalue weighted by Crippen LogP contribution is 2.27. The monoisotopic (exact) mass is 234 g/mol. The Morgan fingerprint density at radius 3 is 1.94 bits per heavy atom. The molecule has 0 aromatic rings. The maximum atomic E-state index is 11.9. The van der Waals surface area contributed by atoms with E-state index in [0.717, 1.165) is 0 Å². The van der Waals surface area contributed by atoms with Crippen molar-refractivity contribution in [2.24, 2.45) is 5.41 Å². The number of hydrogen-bond acceptors (Lipinski definition) is 4. The Labute approximate surface area is 95.1 Å². The van der Waals surface area contributed by atoms with Crippen LogP contribution in [0.3, 0.4) is 0 Å². The van der Waals surface area contributed by atoms with Crippen molar-refractivity contribution in [1.82, 2.24) is 0 Å². The van der Waals surface area contributed by atoms with Gasteiger partial charge in [-0.25, -0.2) is 0 Å². The van der Waals surface area contributed by atoms with Gasteiger partial charge in [0.2, 0.25) is 0 Å². The molecule has 0 saturated heterocycles. The third-order valence-electron chi connectivity index (χ3n) is 2.58. The van der Waals surface area contributed by atoms with Gasteiger partial charge in [-0.05, 0) is 19.8 Å². The zero-order valence-electron chi connectivity index (χ0n) is 10.0. The molecule has 0 radical (unpaired) electrons. The van der Waals surface area contributed by atoms with Crippen molar-refractivity contribution >= 4 is 11.9 Å². The molecule has 0 heterocycles. The maximum Gasteiger partial charge on any atom is 0.322 e. The second kappa shape index (κ2) is 7.19. The van der Waals surface area contributed by atoms with E-state index < -0.39 is 17.4 Å². The number of carbonyl (C=O) groups is 2. The molecular formula is C11H19FO4. The highest BCUT2D eigenvalue weighted by molar-refractivity contribution is 5.99. The fourth-order valence-electron chi connectivity index (χ4n) is 1.49. The van der Waals surface area contributed by atoms with E-state index in [0.29, 0.717) is 25.7 Å². The Morgan fingerprint density at radius 1 is 1.06 bits per heavy atom. The summed E-state index contributed by atoms with van der Waals surface area (Å²) in [4.78, 5) is 23.0. The van der Waals surface area contributed by atoms with Gasteiger partial charge in [-0.3, -0.25) is 14.0 Å². The van der Waals surface area contributed by atoms with Crippen LogP contribution in [0.2, 0.25) is 0 Å². The molecule has 0 rings (SSSR count). The van der Waals surface area contributed by atoms with Crippen LogP contribution in [0.1, 0.15) is 32.6 Å². The van der Waals surface area contributed by atoms with Gasteiger partial charge in [0.05, 0.1) is 20.9 Å². The first kappa shape index (κ1) is 14.9. The molecule has 0 saturated carbocycles. The van der Waals surface area contributed by atoms with E-state index in [1.54, 1.807) is 0 Å². The van der Waals surface area contributed by atoms with E-state index in [1.807, 2.05) is 0 Å². The fraction of sp³-hybridized carbons (Fsp3) is 0.818. The summed E-state index contributed by atoms with van der Waals surface area (Å²) >= 11 is 0. The highest BCUT2D eigenvalue weighted by atomic mass is 19.1. The minimum atomic E-state index is -1.28. The normalized spacial score (nSPS) is 11.0. The van der Waals surface area contributed by atoms with Crippen molar-refractivity contribution in [2.75, 3.05) is 20.9 Å². The number of hydrogen-bond donors (Lipinski definition) is 0. The molecule has 0 aromatic carbocycles. The van der Waals surface area contributed by atoms with Gasteiger partial charge in [-0.1, -0.05) is 12.8 Å². The van der Waals surface area contributed by atoms with Crippen molar-refractivity contribution in [3.8, 4) is 0 Å². The lowest BCUT2D eigenvalue weighted by Crippen LogP contribution is -2.38. The van der Waals surface area contributed by atoms with Gasteiger partial charge in [0, 0.05) is 0 Å². The molecular weight excluding hydrogens is 215 g/mol. The smallest absolute Gasteiger partial charge is 0.322 e. The van der Waals surface area contributed by atoms with Crippen molar-refractivity contribution in [3.05, 3.63) is 0 Å². The maximum absolute atomic E-state index is 11.9. The van der Waals surface area contributed by atoms with E-state index >= 15 is 0 Å². The summed E-state index contributed by atoms with van der Waals surface area (Å²) in [6.45, 7) is 1.10. The Kier molecular flexibility index (Phi) is 6.69. The molecule has 16 heavy (non-hydrogen) atoms. The number of halogens is 1. The molecule has 0 bridgehead atoms. The summed E-state index contributed by atoms with van der Waals surface area (Å²) in [5.41, 5.74) is -1.28. The second-order valence-corrected chi connectivity index (χ2v) is 3.81. The summed E-state index contributed by atoms with van der Waals surface area (Å²) in [7, 11) is 2.45. The van der Waals surface area contributed by atoms with E-state index in [2.05, 4.69) is 9.47 Å². The van der Waals surface area contributed by atoms with Crippen molar-refractivity contribution in [2.45, 2.75) is 32.6 Å². The number of esters is 2. The molecule has 5 heteroatoms. The third kappa shape index (κ3) is 3.79. The second-order valence-electron chi connectivity index (χ2n) is 3.81. The standard InChI is InChI=1S/C11H19FO4/c1-11(9(13)15-2,10(14)16-3)7-5-4-6-8-12/h4-8H2,1-3H3. The lowest BCUT2D eigenvalue weighted by atomic mass is 9.84. The minimum Gasteiger partial charge on any atom is -0.468 e. The molecule has 4 nitrogen and oxygen atoms in total. The SMILES string of the molecule is COC(=O)C(C)(CCCCCF)C(=O)OC. The van der Waals surface area contributed by atoms with Gasteiger partial charge in [0.25, 0.3) is 0 Å². The summed E-state index contributed by atoms with van der Waals surface area (Å²) in [5.74, 6) is -1.22. The minimum absolute atomic E-state index is 0.312. The van der Waals surface area contributed by atoms with Gasteiger partial charge in [-0.2, -0.15) is 0 Å². The Hall–Kier alpha value is -1.13. The van der Waals surface area contributed by atoms with Gasteiger partial charge in [-0.15, -0.1) is 0 Å². The van der Waals surface area contributed by atoms with Gasteiger partial charge >= 0.3 is 11.9 Å². The molecule has 0 fully saturated rings. The lowest BCUT2D eigenvalue weighted by molar-refractivity contribution is -0.168. The average molecular weight is 234 g/mol. The van der Waals surface area contributed by atoms with Gasteiger partial charge in [0.1, 0.15) is 0 Å². The predicted octanol–water partition coefficient (Wildman–Crippen LogP) is 1.87. The topological polar surface area (TPSA) is 52.6 Å². The van der Waals surface area contributed by atoms with Crippen LogP contribution in [-0.2, 0) is 19.1 Å². The number of unbranched alkanes of at least 4 members (excludes halogenated alkanes) is 2. The van der Waals surface area contributed by atoms with Crippen LogP contribution >= 0.6 is 0 Å². The first-order valence-corrected chi connectivity index (χ1v) is 5.25. The molecule has 0 unspecified atom stereocenters. The Morgan fingerprint density at radius 2 is 1.56 bits per heavy atom. The predicted molar refractivity (Wildman–Crippen MR) is 56.6 cm³/mol. The largest absolute Gasteiger partial charge is 0.468 e. The summed E-state index contributed by atoms with van der Waals surface area (Å²) in [6.07, 6.45) is 1.98. The number of methoxy groups -OCH3 is 2. The zero-order chi connectivity index (χ0) is 12.6. The summed E-state index contributed by atoms with van der Waals surface area (Å²) in [6, 6.07) is 0. The van der Waals surface area contributed by atoms with E-state index in [4.69, 9.17) is 0 Å². The number of alkyl halides is 1. The summed E-state index contributed by atoms with van der Waals surface area (Å²) < 4.78 is 21.0. The molecule has 94 valence electrons. The fourth-order valence-corrected chi connectivity index (χ4v) is 1.49. The van der Waals surface area contributed by atoms with E-state index in [9.17, 15) is 14.0 Å². The number of ether oxygens (including phenoxy) is 2. The molecule has 0 N–H and O–H groups in total. The lowest BCUT2D eigenvalue weighted by Gasteiger charge is -2.23. The Bertz CT molecular complexity index is 224. The van der Waals surface area contributed by atoms with Crippen molar-refractivity contribution in [1.29, 1.82) is 0 Å². The molecule has 0 aliphatic heterocycles. The van der Waals surface area contributed by atoms with Crippen LogP contribution in [0.15, 0.2) is 0 Å². The first-order chi connectivity index (χ1) is 7.52. The van der Waals surface area contributed by atoms with Crippen LogP contribution in [0, 0.1) is 5.41 Å². The number of rotatable bonds is 7. The van der Waals surface area contributed by atoms with Gasteiger partial charge in [0.15, 0.2) is 5.41 Å². The third-order valence-corrected chi connectivity index (χ3v) is 2.58. The van der Waals surface area contributed by atoms with Gasteiger partial charge < -0.3 is 9.47 Å². The molecule has 0 amide bonds. The molecule has 0 atom stereocenters. The molecule has 0 aliphatic rings. The molecule has 0 spiro atoms. The molecule has 0 aliphatic carbocycles. The van der Waals surface area contributed by atoms with E-state index in [1.165, 1.54) is 21.1 Å². The van der Waals surface area contributed by atoms with Crippen LogP contribution in [0.4, 0.5) is 4.39 Å². The first-order valence-electron chi connectivity index (χ1n) is 5.25. The van der Waals surface area contributed by atoms with Crippen molar-refractivity contribution in [3.63, 3.8) is 0 Å². The van der Waals surface area contributed by atoms with Crippen molar-refractivity contribution < 1.29 is 23.5 Å². The van der Waals surface area contributed by atoms with Crippen LogP contribution in [0.5, 0.6) is 0 Å². The van der Waals surface area contributed by atoms with E-state index in [-0.39, 0.29) is 6.67 Å². The van der Waals surface area contributed by atoms with Crippen LogP contribution in [-0.4, -0.2) is 32.8 Å². The number of carbonyl (C=O) groups excluding carboxylic acids is 2. The summed E-state index contributed by atoms with van der Waals surface area (Å²) in [5, 5.41) is 0. The Balaban J connectivity index is 4.43. The highest BCUT2D eigenvalue weighted by Gasteiger charge is 2.42. The average Bonchev–Trinajstić information content (AvgIpc) is 2.32. The van der Waals surface area contributed by atoms with Crippen LogP contribution in [0.25, 0.3) is 0 Å². The zero-order valence-corrected chi connectivity index (χ0v) is 10.0. The quantitative estimate of drug-likeness (QED) is 0.383. The molecule has 0 aromatic heterocycles.